The van der Waals surface area contributed by atoms with Crippen molar-refractivity contribution in [3.05, 3.63) is 39.5 Å². The second-order valence-corrected chi connectivity index (χ2v) is 8.82. The van der Waals surface area contributed by atoms with Gasteiger partial charge in [0.2, 0.25) is 5.91 Å². The van der Waals surface area contributed by atoms with E-state index in [1.807, 2.05) is 0 Å². The smallest absolute Gasteiger partial charge is 0.414 e. The number of rotatable bonds is 5. The Balaban J connectivity index is 1.40. The summed E-state index contributed by atoms with van der Waals surface area (Å²) in [6, 6.07) is 8.06. The number of phenols is 1. The Morgan fingerprint density at radius 2 is 2.07 bits per heavy atom. The summed E-state index contributed by atoms with van der Waals surface area (Å²) in [6.07, 6.45) is 1.12. The predicted octanol–water partition coefficient (Wildman–Crippen LogP) is 3.38. The molecule has 0 aliphatic carbocycles. The Morgan fingerprint density at radius 3 is 2.77 bits per heavy atom. The lowest BCUT2D eigenvalue weighted by molar-refractivity contribution is -0.119. The molecule has 3 amide bonds. The maximum absolute atomic E-state index is 12.3. The molecule has 2 aliphatic heterocycles. The van der Waals surface area contributed by atoms with Crippen molar-refractivity contribution in [2.45, 2.75) is 25.4 Å². The Morgan fingerprint density at radius 1 is 1.23 bits per heavy atom. The minimum absolute atomic E-state index is 0.0248. The van der Waals surface area contributed by atoms with Gasteiger partial charge < -0.3 is 20.1 Å². The second-order valence-electron chi connectivity index (χ2n) is 7.11. The van der Waals surface area contributed by atoms with E-state index in [1.54, 1.807) is 29.2 Å². The van der Waals surface area contributed by atoms with E-state index in [-0.39, 0.29) is 30.7 Å². The molecule has 4 rings (SSSR count). The summed E-state index contributed by atoms with van der Waals surface area (Å²) < 4.78 is 5.83. The van der Waals surface area contributed by atoms with Gasteiger partial charge in [-0.2, -0.15) is 0 Å². The van der Waals surface area contributed by atoms with Crippen LogP contribution in [0.3, 0.4) is 0 Å². The molecule has 1 aromatic carbocycles. The first-order valence-electron chi connectivity index (χ1n) is 9.57. The zero-order valence-corrected chi connectivity index (χ0v) is 17.5. The zero-order chi connectivity index (χ0) is 21.3. The molecule has 2 fully saturated rings. The molecule has 2 saturated heterocycles. The number of amides is 3. The lowest BCUT2D eigenvalue weighted by Crippen LogP contribution is -2.35. The molecule has 2 aromatic rings. The molecule has 0 radical (unpaired) electrons. The van der Waals surface area contributed by atoms with Crippen LogP contribution in [-0.4, -0.2) is 48.8 Å². The number of ether oxygens (including phenoxy) is 1. The van der Waals surface area contributed by atoms with E-state index in [2.05, 4.69) is 5.32 Å². The maximum atomic E-state index is 12.3. The highest BCUT2D eigenvalue weighted by molar-refractivity contribution is 7.18. The van der Waals surface area contributed by atoms with Gasteiger partial charge in [0.1, 0.15) is 11.9 Å². The topological polar surface area (TPSA) is 99.2 Å². The van der Waals surface area contributed by atoms with Crippen LogP contribution in [0.15, 0.2) is 30.3 Å². The lowest BCUT2D eigenvalue weighted by atomic mass is 10.1. The molecule has 2 aliphatic rings. The number of hydrogen-bond acceptors (Lipinski definition) is 6. The highest BCUT2D eigenvalue weighted by Crippen LogP contribution is 2.35. The van der Waals surface area contributed by atoms with Crippen LogP contribution in [0.4, 0.5) is 16.2 Å². The number of piperidine rings is 1. The van der Waals surface area contributed by atoms with Crippen LogP contribution in [0.1, 0.15) is 28.9 Å². The van der Waals surface area contributed by atoms with Gasteiger partial charge >= 0.3 is 6.09 Å². The van der Waals surface area contributed by atoms with Crippen LogP contribution >= 0.6 is 22.9 Å². The van der Waals surface area contributed by atoms with Crippen molar-refractivity contribution in [2.24, 2.45) is 0 Å². The summed E-state index contributed by atoms with van der Waals surface area (Å²) >= 11 is 7.00. The molecule has 3 heterocycles. The third kappa shape index (κ3) is 4.22. The van der Waals surface area contributed by atoms with Gasteiger partial charge in [-0.25, -0.2) is 4.79 Å². The lowest BCUT2D eigenvalue weighted by Gasteiger charge is -2.27. The summed E-state index contributed by atoms with van der Waals surface area (Å²) in [5.74, 6) is -0.377. The molecule has 158 valence electrons. The van der Waals surface area contributed by atoms with Crippen molar-refractivity contribution in [1.29, 1.82) is 0 Å². The number of cyclic esters (lactones) is 1. The van der Waals surface area contributed by atoms with E-state index < -0.39 is 12.2 Å². The molecule has 1 atom stereocenters. The van der Waals surface area contributed by atoms with Gasteiger partial charge in [0.25, 0.3) is 5.91 Å². The van der Waals surface area contributed by atoms with E-state index >= 15 is 0 Å². The Labute approximate surface area is 182 Å². The molecule has 30 heavy (non-hydrogen) atoms. The third-order valence-electron chi connectivity index (χ3n) is 5.05. The summed E-state index contributed by atoms with van der Waals surface area (Å²) in [6.45, 7) is 0.929. The predicted molar refractivity (Wildman–Crippen MR) is 114 cm³/mol. The number of halogens is 1. The zero-order valence-electron chi connectivity index (χ0n) is 16.0. The number of nitrogens with one attached hydrogen (secondary N) is 1. The van der Waals surface area contributed by atoms with Crippen LogP contribution < -0.4 is 15.1 Å². The van der Waals surface area contributed by atoms with Crippen molar-refractivity contribution in [3.63, 3.8) is 0 Å². The number of phenolic OH excluding ortho intramolecular Hbond substituents is 1. The van der Waals surface area contributed by atoms with Crippen LogP contribution in [-0.2, 0) is 9.53 Å². The van der Waals surface area contributed by atoms with Crippen molar-refractivity contribution in [3.8, 4) is 5.75 Å². The van der Waals surface area contributed by atoms with Crippen LogP contribution in [0.2, 0.25) is 4.34 Å². The van der Waals surface area contributed by atoms with Gasteiger partial charge in [0.15, 0.2) is 0 Å². The van der Waals surface area contributed by atoms with Gasteiger partial charge in [-0.1, -0.05) is 11.6 Å². The fourth-order valence-corrected chi connectivity index (χ4v) is 4.50. The average molecular weight is 450 g/mol. The highest BCUT2D eigenvalue weighted by Gasteiger charge is 2.34. The number of nitrogens with zero attached hydrogens (tertiary/aromatic N) is 2. The maximum Gasteiger partial charge on any atom is 0.414 e. The van der Waals surface area contributed by atoms with Crippen molar-refractivity contribution in [1.82, 2.24) is 5.32 Å². The Kier molecular flexibility index (Phi) is 5.83. The quantitative estimate of drug-likeness (QED) is 0.729. The number of anilines is 2. The minimum atomic E-state index is -0.606. The first kappa shape index (κ1) is 20.5. The Hall–Kier alpha value is -2.78. The number of carbonyl (C=O) groups is 3. The molecule has 0 saturated carbocycles. The van der Waals surface area contributed by atoms with Gasteiger partial charge in [0.05, 0.1) is 28.0 Å². The van der Waals surface area contributed by atoms with Crippen LogP contribution in [0.25, 0.3) is 0 Å². The van der Waals surface area contributed by atoms with Gasteiger partial charge in [-0.05, 0) is 37.1 Å². The highest BCUT2D eigenvalue weighted by atomic mass is 35.5. The van der Waals surface area contributed by atoms with Gasteiger partial charge in [-0.3, -0.25) is 14.5 Å². The van der Waals surface area contributed by atoms with Crippen LogP contribution in [0.5, 0.6) is 5.75 Å². The number of benzene rings is 1. The van der Waals surface area contributed by atoms with E-state index in [0.29, 0.717) is 33.6 Å². The van der Waals surface area contributed by atoms with E-state index in [4.69, 9.17) is 16.3 Å². The minimum Gasteiger partial charge on any atom is -0.506 e. The molecule has 2 N–H and O–H groups in total. The molecule has 0 spiro atoms. The SMILES string of the molecule is O=C(NCC1CN(c2ccc(N3CCCCC3=O)cc2O)C(=O)O1)c1ccc(Cl)s1. The van der Waals surface area contributed by atoms with Crippen molar-refractivity contribution in [2.75, 3.05) is 29.4 Å². The first-order valence-corrected chi connectivity index (χ1v) is 10.8. The number of aromatic hydroxyl groups is 1. The average Bonchev–Trinajstić information content (AvgIpc) is 3.32. The number of hydrogen-bond donors (Lipinski definition) is 2. The fourth-order valence-electron chi connectivity index (χ4n) is 3.54. The number of thiophene rings is 1. The molecular formula is C20H20ClN3O5S. The summed E-state index contributed by atoms with van der Waals surface area (Å²) in [4.78, 5) is 39.9. The molecule has 8 nitrogen and oxygen atoms in total. The first-order chi connectivity index (χ1) is 14.4. The molecular weight excluding hydrogens is 430 g/mol. The monoisotopic (exact) mass is 449 g/mol. The normalized spacial score (nSPS) is 19.2. The van der Waals surface area contributed by atoms with E-state index in [9.17, 15) is 19.5 Å². The van der Waals surface area contributed by atoms with Gasteiger partial charge in [0, 0.05) is 24.7 Å². The van der Waals surface area contributed by atoms with Crippen molar-refractivity contribution >= 4 is 52.2 Å². The molecule has 1 aromatic heterocycles. The molecule has 1 unspecified atom stereocenters. The molecule has 0 bridgehead atoms. The van der Waals surface area contributed by atoms with Crippen molar-refractivity contribution < 1.29 is 24.2 Å². The third-order valence-corrected chi connectivity index (χ3v) is 6.28. The summed E-state index contributed by atoms with van der Waals surface area (Å²) in [7, 11) is 0. The second kappa shape index (κ2) is 8.53. The van der Waals surface area contributed by atoms with E-state index in [1.165, 1.54) is 22.3 Å². The number of carbonyl (C=O) groups excluding carboxylic acids is 3. The Bertz CT molecular complexity index is 995. The largest absolute Gasteiger partial charge is 0.506 e. The summed E-state index contributed by atoms with van der Waals surface area (Å²) in [5, 5.41) is 13.2. The fraction of sp³-hybridized carbons (Fsp3) is 0.350. The standard InChI is InChI=1S/C20H20ClN3O5S/c21-17-7-6-16(30-17)19(27)22-10-13-11-24(20(28)29-13)14-5-4-12(9-15(14)25)23-8-2-1-3-18(23)26/h4-7,9,13,25H,1-3,8,10-11H2,(H,22,27). The summed E-state index contributed by atoms with van der Waals surface area (Å²) in [5.41, 5.74) is 0.902. The molecule has 10 heteroatoms. The van der Waals surface area contributed by atoms with E-state index in [0.717, 1.165) is 12.8 Å². The van der Waals surface area contributed by atoms with Gasteiger partial charge in [-0.15, -0.1) is 11.3 Å². The van der Waals surface area contributed by atoms with Crippen LogP contribution in [0, 0.1) is 0 Å².